The predicted molar refractivity (Wildman–Crippen MR) is 255 cm³/mol. The van der Waals surface area contributed by atoms with Crippen molar-refractivity contribution in [2.75, 3.05) is 19.7 Å². The van der Waals surface area contributed by atoms with Crippen LogP contribution in [0.5, 0.6) is 11.5 Å². The van der Waals surface area contributed by atoms with E-state index in [9.17, 15) is 39.3 Å². The Kier molecular flexibility index (Phi) is 40.1. The monoisotopic (exact) mass is 876 g/mol. The van der Waals surface area contributed by atoms with Crippen molar-refractivity contribution in [1.29, 1.82) is 0 Å². The van der Waals surface area contributed by atoms with Crippen molar-refractivity contribution >= 4 is 29.2 Å². The molecule has 0 saturated carbocycles. The maximum atomic E-state index is 14.2. The number of phenolic OH excluding ortho intramolecular Hbond substituents is 2. The highest BCUT2D eigenvalue weighted by molar-refractivity contribution is 6.32. The van der Waals surface area contributed by atoms with Crippen LogP contribution < -0.4 is 16.8 Å². The number of hydrogen-bond acceptors (Lipinski definition) is 12. The van der Waals surface area contributed by atoms with Gasteiger partial charge in [0.1, 0.15) is 17.6 Å². The summed E-state index contributed by atoms with van der Waals surface area (Å²) in [4.78, 5) is 66.8. The van der Waals surface area contributed by atoms with Gasteiger partial charge < -0.3 is 41.6 Å². The number of aliphatic hydroxyl groups is 1. The zero-order chi connectivity index (χ0) is 50.6. The Bertz CT molecular complexity index is 1760. The van der Waals surface area contributed by atoms with E-state index in [1.54, 1.807) is 19.1 Å². The number of ketones is 3. The normalized spacial score (nSPS) is 20.3. The summed E-state index contributed by atoms with van der Waals surface area (Å²) in [6.45, 7) is 26.8. The largest absolute Gasteiger partial charge is 0.507 e. The number of aliphatic hydroxyl groups excluding tert-OH is 1. The molecule has 0 saturated heterocycles. The molecule has 1 amide bonds. The fraction of sp³-hybridized carbons (Fsp3) is 0.420. The van der Waals surface area contributed by atoms with Crippen molar-refractivity contribution in [3.63, 3.8) is 0 Å². The Morgan fingerprint density at radius 2 is 1.37 bits per heavy atom. The summed E-state index contributed by atoms with van der Waals surface area (Å²) in [7, 11) is 0. The number of esters is 1. The third kappa shape index (κ3) is 19.9. The van der Waals surface area contributed by atoms with Gasteiger partial charge in [0.15, 0.2) is 12.4 Å². The molecular formula is C50H73N3O10. The molecule has 13 nitrogen and oxygen atoms in total. The molecule has 0 aromatic heterocycles. The van der Waals surface area contributed by atoms with Crippen LogP contribution >= 0.6 is 0 Å². The number of aromatic hydroxyl groups is 2. The fourth-order valence-corrected chi connectivity index (χ4v) is 5.86. The van der Waals surface area contributed by atoms with E-state index in [0.717, 1.165) is 0 Å². The molecule has 4 rings (SSSR count). The van der Waals surface area contributed by atoms with Gasteiger partial charge >= 0.3 is 5.97 Å². The molecule has 13 heteroatoms. The standard InChI is InChI=1S/C36H47N3O10.2C2H6.2C2H4.3C2H2/c1-18-9-8-10-19(2)36(47)39-31-27(23(15-37)16-38)34(45)29-28(32(43)21(4)33(44)30(29)35(31)46)25(42)17-48-14-7-6-11-26(49-22(5)40)20(3)24(41)13-12-18;7*1-2/h7-10,14,18,20,23-24,26,41,43-44H,6,11-13,15-17,37-38H2,1-5H3,(H,39,47);2*1-2H3;2*1-2H2;3*1-2H/b9-8+,14-7+,19-10-;;;;;;;/t18-,20+,24+,26+;;;;;;;/m0......./s1. The Labute approximate surface area is 377 Å². The molecule has 63 heavy (non-hydrogen) atoms. The summed E-state index contributed by atoms with van der Waals surface area (Å²) in [6, 6.07) is 0. The SMILES string of the molecule is C#C.C#C.C#C.C=C.C=C.CC.CC.CC(=O)O[C@@H]1CC/C=C/OCC(=O)c2c(O)c(C)c(O)c3c2C(=O)C(C(CN)CN)=C(NC(=O)/C(C)=C\C=C\[C@H](C)CC[C@@H](O)[C@H]1C)C3=O. The van der Waals surface area contributed by atoms with Gasteiger partial charge in [0, 0.05) is 48.6 Å². The second-order valence-electron chi connectivity index (χ2n) is 12.6. The number of nitrogens with two attached hydrogens (primary N) is 2. The van der Waals surface area contributed by atoms with Gasteiger partial charge in [0.05, 0.1) is 34.8 Å². The minimum Gasteiger partial charge on any atom is -0.507 e. The number of terminal acetylenes is 3. The molecule has 0 fully saturated rings. The zero-order valence-corrected chi connectivity index (χ0v) is 38.9. The number of phenols is 2. The van der Waals surface area contributed by atoms with Crippen molar-refractivity contribution in [2.24, 2.45) is 29.2 Å². The number of nitrogens with one attached hydrogen (secondary N) is 1. The molecule has 0 spiro atoms. The summed E-state index contributed by atoms with van der Waals surface area (Å²) in [6.07, 6.45) is 32.3. The Balaban J connectivity index is -0.000000726. The van der Waals surface area contributed by atoms with E-state index < -0.39 is 87.8 Å². The van der Waals surface area contributed by atoms with Gasteiger partial charge in [0.2, 0.25) is 11.6 Å². The molecule has 8 N–H and O–H groups in total. The van der Waals surface area contributed by atoms with Gasteiger partial charge in [0.25, 0.3) is 5.91 Å². The molecule has 0 radical (unpaired) electrons. The van der Waals surface area contributed by atoms with Gasteiger partial charge in [-0.2, -0.15) is 0 Å². The number of fused-ring (bicyclic) bond motifs is 16. The lowest BCUT2D eigenvalue weighted by Crippen LogP contribution is -2.40. The quantitative estimate of drug-likeness (QED) is 0.0985. The van der Waals surface area contributed by atoms with Crippen molar-refractivity contribution < 1.29 is 48.8 Å². The van der Waals surface area contributed by atoms with Gasteiger partial charge in [-0.05, 0) is 51.5 Å². The highest BCUT2D eigenvalue weighted by Gasteiger charge is 2.42. The van der Waals surface area contributed by atoms with Crippen molar-refractivity contribution in [3.8, 4) is 50.0 Å². The van der Waals surface area contributed by atoms with Gasteiger partial charge in [-0.25, -0.2) is 0 Å². The number of carbonyl (C=O) groups is 5. The number of amides is 1. The average Bonchev–Trinajstić information content (AvgIpc) is 3.32. The first-order valence-corrected chi connectivity index (χ1v) is 20.3. The van der Waals surface area contributed by atoms with Gasteiger partial charge in [-0.15, -0.1) is 64.9 Å². The van der Waals surface area contributed by atoms with Crippen LogP contribution in [0.4, 0.5) is 0 Å². The topological polar surface area (TPSA) is 229 Å². The number of rotatable bonds is 4. The molecule has 1 aliphatic carbocycles. The molecule has 3 aliphatic rings. The molecule has 0 unspecified atom stereocenters. The summed E-state index contributed by atoms with van der Waals surface area (Å²) in [5, 5.41) is 35.4. The lowest BCUT2D eigenvalue weighted by molar-refractivity contribution is -0.151. The minimum atomic E-state index is -0.957. The van der Waals surface area contributed by atoms with E-state index in [0.29, 0.717) is 25.7 Å². The third-order valence-corrected chi connectivity index (χ3v) is 8.97. The van der Waals surface area contributed by atoms with E-state index in [1.165, 1.54) is 33.1 Å². The van der Waals surface area contributed by atoms with Gasteiger partial charge in [-0.3, -0.25) is 24.0 Å². The fourth-order valence-electron chi connectivity index (χ4n) is 5.86. The van der Waals surface area contributed by atoms with Crippen LogP contribution in [0.3, 0.4) is 0 Å². The number of ether oxygens (including phenoxy) is 2. The average molecular weight is 876 g/mol. The first-order valence-electron chi connectivity index (χ1n) is 20.3. The highest BCUT2D eigenvalue weighted by Crippen LogP contribution is 2.43. The van der Waals surface area contributed by atoms with E-state index in [4.69, 9.17) is 20.9 Å². The van der Waals surface area contributed by atoms with Gasteiger partial charge in [-0.1, -0.05) is 59.8 Å². The molecule has 2 aliphatic heterocycles. The van der Waals surface area contributed by atoms with E-state index in [1.807, 2.05) is 40.7 Å². The molecule has 1 aromatic rings. The van der Waals surface area contributed by atoms with E-state index >= 15 is 0 Å². The zero-order valence-electron chi connectivity index (χ0n) is 38.9. The second-order valence-corrected chi connectivity index (χ2v) is 12.6. The van der Waals surface area contributed by atoms with E-state index in [2.05, 4.69) is 70.2 Å². The lowest BCUT2D eigenvalue weighted by Gasteiger charge is -2.28. The predicted octanol–water partition coefficient (Wildman–Crippen LogP) is 7.45. The number of Topliss-reactive ketones (excluding diaryl/α,β-unsaturated/α-hetero) is 3. The maximum absolute atomic E-state index is 14.2. The Hall–Kier alpha value is -6.43. The highest BCUT2D eigenvalue weighted by atomic mass is 16.5. The first-order chi connectivity index (χ1) is 30.2. The van der Waals surface area contributed by atoms with Crippen molar-refractivity contribution in [2.45, 2.75) is 100 Å². The molecule has 348 valence electrons. The van der Waals surface area contributed by atoms with Crippen LogP contribution in [-0.4, -0.2) is 76.5 Å². The molecule has 4 bridgehead atoms. The Morgan fingerprint density at radius 1 is 0.857 bits per heavy atom. The van der Waals surface area contributed by atoms with Crippen LogP contribution in [0.25, 0.3) is 0 Å². The second kappa shape index (κ2) is 38.5. The lowest BCUT2D eigenvalue weighted by atomic mass is 9.77. The first kappa shape index (κ1) is 65.7. The smallest absolute Gasteiger partial charge is 0.302 e. The summed E-state index contributed by atoms with van der Waals surface area (Å²) in [5.41, 5.74) is 9.47. The summed E-state index contributed by atoms with van der Waals surface area (Å²) < 4.78 is 10.9. The number of allylic oxidation sites excluding steroid dienone is 5. The number of benzene rings is 1. The third-order valence-electron chi connectivity index (χ3n) is 8.97. The maximum Gasteiger partial charge on any atom is 0.302 e. The number of carbonyl (C=O) groups excluding carboxylic acids is 5. The molecule has 4 atom stereocenters. The van der Waals surface area contributed by atoms with E-state index in [-0.39, 0.29) is 41.6 Å². The molecule has 1 aromatic carbocycles. The minimum absolute atomic E-state index is 0.00419. The van der Waals surface area contributed by atoms with Crippen LogP contribution in [0.1, 0.15) is 118 Å². The van der Waals surface area contributed by atoms with Crippen LogP contribution in [0.15, 0.2) is 73.7 Å². The molecule has 2 heterocycles. The van der Waals surface area contributed by atoms with Crippen molar-refractivity contribution in [3.05, 3.63) is 96.0 Å². The summed E-state index contributed by atoms with van der Waals surface area (Å²) >= 11 is 0. The molecular weight excluding hydrogens is 803 g/mol. The van der Waals surface area contributed by atoms with Crippen molar-refractivity contribution in [1.82, 2.24) is 5.32 Å². The Morgan fingerprint density at radius 3 is 1.86 bits per heavy atom. The summed E-state index contributed by atoms with van der Waals surface area (Å²) in [5.74, 6) is -6.67. The van der Waals surface area contributed by atoms with Crippen LogP contribution in [-0.2, 0) is 19.1 Å². The van der Waals surface area contributed by atoms with Crippen LogP contribution in [0.2, 0.25) is 0 Å². The number of hydrogen-bond donors (Lipinski definition) is 6. The van der Waals surface area contributed by atoms with Crippen LogP contribution in [0, 0.1) is 63.2 Å².